The van der Waals surface area contributed by atoms with Crippen molar-refractivity contribution in [1.82, 2.24) is 24.9 Å². The van der Waals surface area contributed by atoms with Crippen LogP contribution >= 0.6 is 23.6 Å². The molecule has 0 bridgehead atoms. The summed E-state index contributed by atoms with van der Waals surface area (Å²) in [5.41, 5.74) is -0.0281. The summed E-state index contributed by atoms with van der Waals surface area (Å²) in [5, 5.41) is 11.8. The number of anilines is 1. The van der Waals surface area contributed by atoms with Crippen LogP contribution in [-0.2, 0) is 11.5 Å². The Bertz CT molecular complexity index is 625. The Morgan fingerprint density at radius 2 is 1.84 bits per heavy atom. The lowest BCUT2D eigenvalue weighted by atomic mass is 10.1. The normalized spacial score (nSPS) is 17.0. The average molecular weight is 387 g/mol. The second kappa shape index (κ2) is 8.57. The summed E-state index contributed by atoms with van der Waals surface area (Å²) < 4.78 is 2.67. The number of hydrogen-bond acceptors (Lipinski definition) is 7. The van der Waals surface area contributed by atoms with Crippen LogP contribution in [0.3, 0.4) is 0 Å². The molecule has 2 rings (SSSR count). The maximum Gasteiger partial charge on any atom is 0.234 e. The second-order valence-electron chi connectivity index (χ2n) is 7.81. The Kier molecular flexibility index (Phi) is 6.95. The van der Waals surface area contributed by atoms with Gasteiger partial charge in [-0.25, -0.2) is 4.68 Å². The molecule has 0 saturated carbocycles. The monoisotopic (exact) mass is 386 g/mol. The zero-order valence-electron chi connectivity index (χ0n) is 15.8. The number of piperazine rings is 1. The summed E-state index contributed by atoms with van der Waals surface area (Å²) in [7, 11) is 0. The summed E-state index contributed by atoms with van der Waals surface area (Å²) in [6, 6.07) is 0.191. The minimum absolute atomic E-state index is 0.0281. The molecule has 0 aromatic carbocycles. The van der Waals surface area contributed by atoms with Gasteiger partial charge in [0.25, 0.3) is 0 Å². The molecular formula is C16H30N6OS2. The number of hydrogen-bond donors (Lipinski definition) is 2. The van der Waals surface area contributed by atoms with Crippen LogP contribution in [-0.4, -0.2) is 69.8 Å². The van der Waals surface area contributed by atoms with Gasteiger partial charge in [-0.1, -0.05) is 11.3 Å². The third-order valence-corrected chi connectivity index (χ3v) is 4.93. The third kappa shape index (κ3) is 7.01. The molecule has 2 heterocycles. The van der Waals surface area contributed by atoms with Gasteiger partial charge in [0.05, 0.1) is 13.2 Å². The Hall–Kier alpha value is -1.03. The van der Waals surface area contributed by atoms with E-state index in [-0.39, 0.29) is 17.5 Å². The van der Waals surface area contributed by atoms with Crippen LogP contribution in [0.4, 0.5) is 5.13 Å². The predicted molar refractivity (Wildman–Crippen MR) is 106 cm³/mol. The molecule has 1 aromatic heterocycles. The van der Waals surface area contributed by atoms with Gasteiger partial charge in [-0.05, 0) is 46.8 Å². The lowest BCUT2D eigenvalue weighted by molar-refractivity contribution is -0.123. The molecule has 2 N–H and O–H groups in total. The Labute approximate surface area is 159 Å². The molecule has 1 saturated heterocycles. The highest BCUT2D eigenvalue weighted by Gasteiger charge is 2.20. The van der Waals surface area contributed by atoms with Crippen molar-refractivity contribution in [3.05, 3.63) is 3.95 Å². The molecule has 25 heavy (non-hydrogen) atoms. The highest BCUT2D eigenvalue weighted by molar-refractivity contribution is 7.73. The summed E-state index contributed by atoms with van der Waals surface area (Å²) in [4.78, 5) is 16.4. The highest BCUT2D eigenvalue weighted by atomic mass is 32.1. The van der Waals surface area contributed by atoms with Crippen LogP contribution in [0, 0.1) is 3.95 Å². The van der Waals surface area contributed by atoms with Crippen LogP contribution in [0.1, 0.15) is 34.6 Å². The van der Waals surface area contributed by atoms with Crippen molar-refractivity contribution in [2.24, 2.45) is 0 Å². The van der Waals surface area contributed by atoms with Crippen LogP contribution in [0.25, 0.3) is 0 Å². The Morgan fingerprint density at radius 3 is 2.40 bits per heavy atom. The fourth-order valence-electron chi connectivity index (χ4n) is 2.62. The zero-order chi connectivity index (χ0) is 18.6. The molecule has 1 amide bonds. The second-order valence-corrected chi connectivity index (χ2v) is 9.43. The minimum Gasteiger partial charge on any atom is -0.356 e. The van der Waals surface area contributed by atoms with Crippen molar-refractivity contribution in [2.45, 2.75) is 52.9 Å². The largest absolute Gasteiger partial charge is 0.356 e. The van der Waals surface area contributed by atoms with Crippen LogP contribution in [0.5, 0.6) is 0 Å². The summed E-state index contributed by atoms with van der Waals surface area (Å²) in [6.45, 7) is 15.1. The number of aromatic nitrogens is 2. The van der Waals surface area contributed by atoms with Gasteiger partial charge >= 0.3 is 0 Å². The Morgan fingerprint density at radius 1 is 1.24 bits per heavy atom. The van der Waals surface area contributed by atoms with E-state index in [1.165, 1.54) is 11.3 Å². The number of carbonyl (C=O) groups is 1. The summed E-state index contributed by atoms with van der Waals surface area (Å²) >= 11 is 6.95. The lowest BCUT2D eigenvalue weighted by Gasteiger charge is -2.34. The fourth-order valence-corrected chi connectivity index (χ4v) is 3.82. The van der Waals surface area contributed by atoms with Gasteiger partial charge in [0.2, 0.25) is 11.0 Å². The molecule has 1 fully saturated rings. The van der Waals surface area contributed by atoms with Gasteiger partial charge in [-0.15, -0.1) is 5.10 Å². The molecule has 1 aliphatic rings. The first-order valence-electron chi connectivity index (χ1n) is 8.72. The first kappa shape index (κ1) is 20.3. The molecule has 7 nitrogen and oxygen atoms in total. The van der Waals surface area contributed by atoms with E-state index >= 15 is 0 Å². The molecule has 0 radical (unpaired) electrons. The SMILES string of the molecule is CC(C)NC(=O)CN1CCN(Cn2nc(NC(C)(C)C)sc2=S)CC1. The van der Waals surface area contributed by atoms with Crippen LogP contribution in [0.15, 0.2) is 0 Å². The quantitative estimate of drug-likeness (QED) is 0.729. The van der Waals surface area contributed by atoms with Gasteiger partial charge in [0.1, 0.15) is 0 Å². The van der Waals surface area contributed by atoms with Crippen molar-refractivity contribution in [3.8, 4) is 0 Å². The zero-order valence-corrected chi connectivity index (χ0v) is 17.5. The molecular weight excluding hydrogens is 356 g/mol. The molecule has 142 valence electrons. The van der Waals surface area contributed by atoms with E-state index in [0.29, 0.717) is 13.2 Å². The van der Waals surface area contributed by atoms with E-state index in [0.717, 1.165) is 35.3 Å². The molecule has 9 heteroatoms. The van der Waals surface area contributed by atoms with Gasteiger partial charge in [0, 0.05) is 37.8 Å². The van der Waals surface area contributed by atoms with Gasteiger partial charge in [0.15, 0.2) is 3.95 Å². The molecule has 1 aliphatic heterocycles. The van der Waals surface area contributed by atoms with Gasteiger partial charge < -0.3 is 10.6 Å². The highest BCUT2D eigenvalue weighted by Crippen LogP contribution is 2.19. The van der Waals surface area contributed by atoms with Crippen molar-refractivity contribution < 1.29 is 4.79 Å². The minimum atomic E-state index is -0.0281. The molecule has 0 spiro atoms. The molecule has 1 aromatic rings. The number of amides is 1. The third-order valence-electron chi connectivity index (χ3n) is 3.70. The van der Waals surface area contributed by atoms with Crippen molar-refractivity contribution in [2.75, 3.05) is 38.0 Å². The van der Waals surface area contributed by atoms with E-state index in [1.54, 1.807) is 0 Å². The molecule has 0 aliphatic carbocycles. The fraction of sp³-hybridized carbons (Fsp3) is 0.812. The van der Waals surface area contributed by atoms with Crippen molar-refractivity contribution >= 4 is 34.6 Å². The van der Waals surface area contributed by atoms with Crippen LogP contribution in [0.2, 0.25) is 0 Å². The van der Waals surface area contributed by atoms with Gasteiger partial charge in [-0.2, -0.15) is 0 Å². The van der Waals surface area contributed by atoms with E-state index in [1.807, 2.05) is 18.5 Å². The van der Waals surface area contributed by atoms with Crippen LogP contribution < -0.4 is 10.6 Å². The number of nitrogens with one attached hydrogen (secondary N) is 2. The maximum atomic E-state index is 11.9. The number of rotatable bonds is 6. The van der Waals surface area contributed by atoms with E-state index in [4.69, 9.17) is 12.2 Å². The van der Waals surface area contributed by atoms with Gasteiger partial charge in [-0.3, -0.25) is 14.6 Å². The lowest BCUT2D eigenvalue weighted by Crippen LogP contribution is -2.50. The molecule has 0 unspecified atom stereocenters. The first-order valence-corrected chi connectivity index (χ1v) is 9.95. The predicted octanol–water partition coefficient (Wildman–Crippen LogP) is 1.98. The summed E-state index contributed by atoms with van der Waals surface area (Å²) in [5.74, 6) is 0.100. The van der Waals surface area contributed by atoms with E-state index < -0.39 is 0 Å². The number of carbonyl (C=O) groups excluding carboxylic acids is 1. The molecule has 0 atom stereocenters. The average Bonchev–Trinajstić information content (AvgIpc) is 2.77. The first-order chi connectivity index (χ1) is 11.6. The maximum absolute atomic E-state index is 11.9. The number of nitrogens with zero attached hydrogens (tertiary/aromatic N) is 4. The van der Waals surface area contributed by atoms with E-state index in [2.05, 4.69) is 46.3 Å². The standard InChI is InChI=1S/C16H30N6OS2/c1-12(2)17-13(23)10-20-6-8-21(9-7-20)11-22-15(24)25-14(19-22)18-16(3,4)5/h12H,6-11H2,1-5H3,(H,17,23)(H,18,19). The Balaban J connectivity index is 1.82. The van der Waals surface area contributed by atoms with E-state index in [9.17, 15) is 4.79 Å². The van der Waals surface area contributed by atoms with Crippen molar-refractivity contribution in [1.29, 1.82) is 0 Å². The van der Waals surface area contributed by atoms with Crippen molar-refractivity contribution in [3.63, 3.8) is 0 Å². The smallest absolute Gasteiger partial charge is 0.234 e. The topological polar surface area (TPSA) is 65.4 Å². The summed E-state index contributed by atoms with van der Waals surface area (Å²) in [6.07, 6.45) is 0.